The number of aliphatic hydroxyl groups is 1. The summed E-state index contributed by atoms with van der Waals surface area (Å²) in [7, 11) is 1.51. The molecule has 0 saturated carbocycles. The zero-order valence-corrected chi connectivity index (χ0v) is 13.4. The summed E-state index contributed by atoms with van der Waals surface area (Å²) in [5.74, 6) is -1.73. The number of benzene rings is 1. The van der Waals surface area contributed by atoms with Gasteiger partial charge in [-0.3, -0.25) is 9.59 Å². The lowest BCUT2D eigenvalue weighted by Crippen LogP contribution is -2.34. The number of hydrogen-bond donors (Lipinski definition) is 2. The molecule has 124 valence electrons. The van der Waals surface area contributed by atoms with Gasteiger partial charge in [-0.2, -0.15) is 0 Å². The van der Waals surface area contributed by atoms with Gasteiger partial charge >= 0.3 is 0 Å². The molecule has 0 fully saturated rings. The van der Waals surface area contributed by atoms with Crippen LogP contribution >= 0.6 is 0 Å². The van der Waals surface area contributed by atoms with Crippen molar-refractivity contribution in [1.82, 2.24) is 4.90 Å². The number of rotatable bonds is 6. The van der Waals surface area contributed by atoms with Gasteiger partial charge in [-0.25, -0.2) is 0 Å². The zero-order valence-electron chi connectivity index (χ0n) is 13.4. The van der Waals surface area contributed by atoms with Crippen LogP contribution in [0.1, 0.15) is 25.5 Å². The van der Waals surface area contributed by atoms with Crippen molar-refractivity contribution in [1.29, 1.82) is 0 Å². The third kappa shape index (κ3) is 3.22. The number of methoxy groups -OCH3 is 1. The fourth-order valence-corrected chi connectivity index (χ4v) is 2.68. The average Bonchev–Trinajstić information content (AvgIpc) is 2.76. The van der Waals surface area contributed by atoms with Crippen molar-refractivity contribution < 1.29 is 24.5 Å². The molecule has 6 nitrogen and oxygen atoms in total. The summed E-state index contributed by atoms with van der Waals surface area (Å²) in [6, 6.07) is 5.62. The van der Waals surface area contributed by atoms with E-state index in [1.807, 2.05) is 0 Å². The lowest BCUT2D eigenvalue weighted by atomic mass is 9.91. The Morgan fingerprint density at radius 2 is 2.04 bits per heavy atom. The van der Waals surface area contributed by atoms with E-state index in [0.717, 1.165) is 0 Å². The van der Waals surface area contributed by atoms with E-state index >= 15 is 0 Å². The summed E-state index contributed by atoms with van der Waals surface area (Å²) in [6.07, 6.45) is 0. The molecule has 0 radical (unpaired) electrons. The molecule has 1 aliphatic rings. The second-order valence-corrected chi connectivity index (χ2v) is 5.77. The largest absolute Gasteiger partial charge is 0.508 e. The third-order valence-corrected chi connectivity index (χ3v) is 3.82. The van der Waals surface area contributed by atoms with Crippen LogP contribution in [0.2, 0.25) is 0 Å². The Bertz CT molecular complexity index is 650. The van der Waals surface area contributed by atoms with Gasteiger partial charge < -0.3 is 19.8 Å². The minimum atomic E-state index is -0.723. The van der Waals surface area contributed by atoms with Gasteiger partial charge in [0, 0.05) is 19.6 Å². The first-order valence-corrected chi connectivity index (χ1v) is 7.44. The van der Waals surface area contributed by atoms with Gasteiger partial charge in [0.1, 0.15) is 5.75 Å². The summed E-state index contributed by atoms with van der Waals surface area (Å²) in [6.45, 7) is 3.93. The second kappa shape index (κ2) is 6.83. The molecule has 1 unspecified atom stereocenters. The van der Waals surface area contributed by atoms with E-state index in [9.17, 15) is 19.8 Å². The SMILES string of the molecule is COCCN1C(=O)C(O)=C(C(=O)C(C)C)C1c1cccc(O)c1. The molecular formula is C17H21NO5. The maximum Gasteiger partial charge on any atom is 0.290 e. The highest BCUT2D eigenvalue weighted by atomic mass is 16.5. The van der Waals surface area contributed by atoms with E-state index in [-0.39, 0.29) is 36.2 Å². The number of ketones is 1. The summed E-state index contributed by atoms with van der Waals surface area (Å²) in [4.78, 5) is 26.3. The fraction of sp³-hybridized carbons (Fsp3) is 0.412. The molecule has 1 amide bonds. The van der Waals surface area contributed by atoms with Crippen molar-refractivity contribution in [3.63, 3.8) is 0 Å². The number of phenols is 1. The van der Waals surface area contributed by atoms with Gasteiger partial charge in [0.05, 0.1) is 18.2 Å². The van der Waals surface area contributed by atoms with Crippen LogP contribution in [0.15, 0.2) is 35.6 Å². The van der Waals surface area contributed by atoms with Crippen molar-refractivity contribution >= 4 is 11.7 Å². The van der Waals surface area contributed by atoms with Crippen LogP contribution in [0.4, 0.5) is 0 Å². The highest BCUT2D eigenvalue weighted by Gasteiger charge is 2.43. The van der Waals surface area contributed by atoms with Crippen molar-refractivity contribution in [3.8, 4) is 5.75 Å². The molecule has 0 aromatic heterocycles. The van der Waals surface area contributed by atoms with Crippen LogP contribution in [0, 0.1) is 5.92 Å². The number of carbonyl (C=O) groups is 2. The Labute approximate surface area is 135 Å². The predicted molar refractivity (Wildman–Crippen MR) is 83.9 cm³/mol. The molecule has 0 saturated heterocycles. The fourth-order valence-electron chi connectivity index (χ4n) is 2.68. The smallest absolute Gasteiger partial charge is 0.290 e. The van der Waals surface area contributed by atoms with Gasteiger partial charge in [-0.1, -0.05) is 26.0 Å². The first-order chi connectivity index (χ1) is 10.9. The maximum atomic E-state index is 12.5. The van der Waals surface area contributed by atoms with E-state index < -0.39 is 17.7 Å². The Balaban J connectivity index is 2.52. The van der Waals surface area contributed by atoms with Gasteiger partial charge in [0.2, 0.25) is 0 Å². The van der Waals surface area contributed by atoms with Crippen LogP contribution in [-0.4, -0.2) is 47.1 Å². The van der Waals surface area contributed by atoms with E-state index in [2.05, 4.69) is 0 Å². The van der Waals surface area contributed by atoms with Crippen molar-refractivity contribution in [2.45, 2.75) is 19.9 Å². The van der Waals surface area contributed by atoms with Crippen molar-refractivity contribution in [3.05, 3.63) is 41.2 Å². The molecule has 1 atom stereocenters. The lowest BCUT2D eigenvalue weighted by molar-refractivity contribution is -0.130. The molecule has 1 aromatic carbocycles. The van der Waals surface area contributed by atoms with Crippen LogP contribution in [0.5, 0.6) is 5.75 Å². The predicted octanol–water partition coefficient (Wildman–Crippen LogP) is 1.96. The molecule has 1 aromatic rings. The number of aliphatic hydroxyl groups excluding tert-OH is 1. The molecule has 0 spiro atoms. The van der Waals surface area contributed by atoms with Gasteiger partial charge in [-0.15, -0.1) is 0 Å². The number of ether oxygens (including phenoxy) is 1. The molecule has 2 rings (SSSR count). The maximum absolute atomic E-state index is 12.5. The highest BCUT2D eigenvalue weighted by Crippen LogP contribution is 2.39. The number of hydrogen-bond acceptors (Lipinski definition) is 5. The average molecular weight is 319 g/mol. The van der Waals surface area contributed by atoms with E-state index in [1.165, 1.54) is 24.1 Å². The number of amides is 1. The molecule has 23 heavy (non-hydrogen) atoms. The Morgan fingerprint density at radius 3 is 2.61 bits per heavy atom. The topological polar surface area (TPSA) is 87.1 Å². The molecule has 1 heterocycles. The third-order valence-electron chi connectivity index (χ3n) is 3.82. The molecular weight excluding hydrogens is 298 g/mol. The summed E-state index contributed by atoms with van der Waals surface area (Å²) >= 11 is 0. The number of Topliss-reactive ketones (excluding diaryl/α,β-unsaturated/α-hetero) is 1. The molecule has 2 N–H and O–H groups in total. The summed E-state index contributed by atoms with van der Waals surface area (Å²) in [5, 5.41) is 19.9. The number of phenolic OH excluding ortho intramolecular Hbond substituents is 1. The monoisotopic (exact) mass is 319 g/mol. The van der Waals surface area contributed by atoms with Gasteiger partial charge in [0.15, 0.2) is 11.5 Å². The van der Waals surface area contributed by atoms with Crippen LogP contribution in [0.25, 0.3) is 0 Å². The first kappa shape index (κ1) is 17.0. The second-order valence-electron chi connectivity index (χ2n) is 5.77. The first-order valence-electron chi connectivity index (χ1n) is 7.44. The number of carbonyl (C=O) groups excluding carboxylic acids is 2. The summed E-state index contributed by atoms with van der Waals surface area (Å²) < 4.78 is 5.01. The van der Waals surface area contributed by atoms with E-state index in [4.69, 9.17) is 4.74 Å². The molecule has 1 aliphatic heterocycles. The van der Waals surface area contributed by atoms with E-state index in [0.29, 0.717) is 5.56 Å². The highest BCUT2D eigenvalue weighted by molar-refractivity contribution is 6.09. The normalized spacial score (nSPS) is 18.2. The van der Waals surface area contributed by atoms with E-state index in [1.54, 1.807) is 26.0 Å². The van der Waals surface area contributed by atoms with Crippen LogP contribution in [0.3, 0.4) is 0 Å². The molecule has 0 aliphatic carbocycles. The Morgan fingerprint density at radius 1 is 1.35 bits per heavy atom. The Hall–Kier alpha value is -2.34. The number of nitrogens with zero attached hydrogens (tertiary/aromatic N) is 1. The van der Waals surface area contributed by atoms with Crippen molar-refractivity contribution in [2.24, 2.45) is 5.92 Å². The van der Waals surface area contributed by atoms with Crippen LogP contribution < -0.4 is 0 Å². The molecule has 0 bridgehead atoms. The minimum absolute atomic E-state index is 0.0318. The van der Waals surface area contributed by atoms with Gasteiger partial charge in [-0.05, 0) is 17.7 Å². The minimum Gasteiger partial charge on any atom is -0.508 e. The van der Waals surface area contributed by atoms with Crippen LogP contribution in [-0.2, 0) is 14.3 Å². The Kier molecular flexibility index (Phi) is 5.05. The quantitative estimate of drug-likeness (QED) is 0.837. The lowest BCUT2D eigenvalue weighted by Gasteiger charge is -2.27. The number of aromatic hydroxyl groups is 1. The molecule has 6 heteroatoms. The zero-order chi connectivity index (χ0) is 17.1. The van der Waals surface area contributed by atoms with Gasteiger partial charge in [0.25, 0.3) is 5.91 Å². The van der Waals surface area contributed by atoms with Crippen molar-refractivity contribution in [2.75, 3.05) is 20.3 Å². The summed E-state index contributed by atoms with van der Waals surface area (Å²) in [5.41, 5.74) is 0.647. The standard InChI is InChI=1S/C17H21NO5/c1-10(2)15(20)13-14(11-5-4-6-12(19)9-11)18(7-8-23-3)17(22)16(13)21/h4-6,9-10,14,19,21H,7-8H2,1-3H3.